The van der Waals surface area contributed by atoms with Crippen LogP contribution in [0.5, 0.6) is 0 Å². The number of rotatable bonds is 6. The Bertz CT molecular complexity index is 315. The van der Waals surface area contributed by atoms with E-state index in [1.165, 1.54) is 6.08 Å². The number of carbonyl (C=O) groups is 1. The number of carbonyl (C=O) groups excluding carboxylic acids is 1. The summed E-state index contributed by atoms with van der Waals surface area (Å²) in [5.74, 6) is -0.0364. The lowest BCUT2D eigenvalue weighted by Gasteiger charge is -2.12. The monoisotopic (exact) mass is 241 g/mol. The zero-order valence-electron chi connectivity index (χ0n) is 9.94. The van der Waals surface area contributed by atoms with Crippen LogP contribution in [-0.2, 0) is 4.79 Å². The van der Waals surface area contributed by atoms with E-state index in [-0.39, 0.29) is 12.4 Å². The summed E-state index contributed by atoms with van der Waals surface area (Å²) in [7, 11) is 0. The molecule has 0 spiro atoms. The molecule has 1 heterocycles. The smallest absolute Gasteiger partial charge is 0.264 e. The first-order valence-electron chi connectivity index (χ1n) is 5.84. The van der Waals surface area contributed by atoms with E-state index in [1.54, 1.807) is 6.08 Å². The van der Waals surface area contributed by atoms with Gasteiger partial charge in [-0.3, -0.25) is 4.79 Å². The number of hydrogen-bond acceptors (Lipinski definition) is 3. The van der Waals surface area contributed by atoms with E-state index >= 15 is 0 Å². The van der Waals surface area contributed by atoms with Gasteiger partial charge in [-0.25, -0.2) is 4.39 Å². The van der Waals surface area contributed by atoms with Gasteiger partial charge in [-0.2, -0.15) is 0 Å². The van der Waals surface area contributed by atoms with Gasteiger partial charge in [0.15, 0.2) is 0 Å². The maximum atomic E-state index is 12.1. The number of primary amides is 1. The summed E-state index contributed by atoms with van der Waals surface area (Å²) in [6.07, 6.45) is 7.25. The molecule has 1 amide bonds. The molecular weight excluding hydrogens is 221 g/mol. The van der Waals surface area contributed by atoms with Gasteiger partial charge in [0.1, 0.15) is 6.67 Å². The molecule has 0 bridgehead atoms. The average Bonchev–Trinajstić information content (AvgIpc) is 2.72. The number of halogens is 1. The molecule has 1 rings (SSSR count). The topological polar surface area (TPSA) is 72.3 Å². The van der Waals surface area contributed by atoms with Crippen LogP contribution < -0.4 is 11.5 Å². The first-order chi connectivity index (χ1) is 8.13. The lowest BCUT2D eigenvalue weighted by molar-refractivity contribution is -0.114. The van der Waals surface area contributed by atoms with E-state index in [9.17, 15) is 9.18 Å². The quantitative estimate of drug-likeness (QED) is 0.527. The highest BCUT2D eigenvalue weighted by molar-refractivity contribution is 5.91. The van der Waals surface area contributed by atoms with Crippen molar-refractivity contribution in [1.82, 2.24) is 4.90 Å². The van der Waals surface area contributed by atoms with Crippen LogP contribution in [0.4, 0.5) is 4.39 Å². The molecule has 5 heteroatoms. The van der Waals surface area contributed by atoms with Gasteiger partial charge in [0, 0.05) is 13.1 Å². The Kier molecular flexibility index (Phi) is 5.69. The van der Waals surface area contributed by atoms with Crippen LogP contribution >= 0.6 is 0 Å². The van der Waals surface area contributed by atoms with Gasteiger partial charge in [0.25, 0.3) is 5.91 Å². The minimum absolute atomic E-state index is 0.0618. The molecule has 4 nitrogen and oxygen atoms in total. The minimum Gasteiger partial charge on any atom is -0.394 e. The Morgan fingerprint density at radius 1 is 1.47 bits per heavy atom. The Hall–Kier alpha value is -1.36. The predicted octanol–water partition coefficient (Wildman–Crippen LogP) is 0.552. The Labute approximate surface area is 101 Å². The molecule has 1 aliphatic heterocycles. The summed E-state index contributed by atoms with van der Waals surface area (Å²) in [5.41, 5.74) is 10.4. The SMILES string of the molecule is NC(=O)/C(N)=C\C=C/C[C@@H]1CCN(CCF)C1. The molecule has 0 saturated carbocycles. The minimum atomic E-state index is -0.607. The molecule has 0 aliphatic carbocycles. The summed E-state index contributed by atoms with van der Waals surface area (Å²) in [4.78, 5) is 12.7. The van der Waals surface area contributed by atoms with Crippen molar-refractivity contribution in [2.45, 2.75) is 12.8 Å². The van der Waals surface area contributed by atoms with Crippen molar-refractivity contribution in [3.63, 3.8) is 0 Å². The van der Waals surface area contributed by atoms with E-state index in [1.807, 2.05) is 6.08 Å². The molecule has 96 valence electrons. The van der Waals surface area contributed by atoms with E-state index in [0.29, 0.717) is 12.5 Å². The van der Waals surface area contributed by atoms with Crippen molar-refractivity contribution >= 4 is 5.91 Å². The Morgan fingerprint density at radius 3 is 2.88 bits per heavy atom. The number of allylic oxidation sites excluding steroid dienone is 3. The highest BCUT2D eigenvalue weighted by Gasteiger charge is 2.20. The fourth-order valence-corrected chi connectivity index (χ4v) is 1.95. The fourth-order valence-electron chi connectivity index (χ4n) is 1.95. The summed E-state index contributed by atoms with van der Waals surface area (Å²) < 4.78 is 12.1. The van der Waals surface area contributed by atoms with Crippen molar-refractivity contribution in [1.29, 1.82) is 0 Å². The van der Waals surface area contributed by atoms with Crippen LogP contribution in [0.1, 0.15) is 12.8 Å². The Balaban J connectivity index is 2.26. The largest absolute Gasteiger partial charge is 0.394 e. The van der Waals surface area contributed by atoms with Gasteiger partial charge < -0.3 is 16.4 Å². The van der Waals surface area contributed by atoms with Crippen LogP contribution in [0.15, 0.2) is 23.9 Å². The number of nitrogens with two attached hydrogens (primary N) is 2. The van der Waals surface area contributed by atoms with Crippen molar-refractivity contribution in [3.8, 4) is 0 Å². The van der Waals surface area contributed by atoms with Crippen LogP contribution in [0.25, 0.3) is 0 Å². The molecule has 1 aliphatic rings. The van der Waals surface area contributed by atoms with E-state index in [4.69, 9.17) is 11.5 Å². The van der Waals surface area contributed by atoms with Gasteiger partial charge in [-0.05, 0) is 31.4 Å². The first kappa shape index (κ1) is 13.7. The first-order valence-corrected chi connectivity index (χ1v) is 5.84. The highest BCUT2D eigenvalue weighted by Crippen LogP contribution is 2.19. The number of nitrogens with zero attached hydrogens (tertiary/aromatic N) is 1. The number of amides is 1. The highest BCUT2D eigenvalue weighted by atomic mass is 19.1. The van der Waals surface area contributed by atoms with Gasteiger partial charge in [0.2, 0.25) is 0 Å². The second kappa shape index (κ2) is 7.06. The summed E-state index contributed by atoms with van der Waals surface area (Å²) >= 11 is 0. The van der Waals surface area contributed by atoms with Crippen LogP contribution in [0.2, 0.25) is 0 Å². The lowest BCUT2D eigenvalue weighted by atomic mass is 10.0. The molecule has 0 aromatic heterocycles. The van der Waals surface area contributed by atoms with E-state index < -0.39 is 5.91 Å². The lowest BCUT2D eigenvalue weighted by Crippen LogP contribution is -2.22. The molecule has 4 N–H and O–H groups in total. The predicted molar refractivity (Wildman–Crippen MR) is 65.7 cm³/mol. The Morgan fingerprint density at radius 2 is 2.24 bits per heavy atom. The fraction of sp³-hybridized carbons (Fsp3) is 0.583. The molecular formula is C12H20FN3O. The molecule has 17 heavy (non-hydrogen) atoms. The third-order valence-corrected chi connectivity index (χ3v) is 2.94. The standard InChI is InChI=1S/C12H20FN3O/c13-6-8-16-7-5-10(9-16)3-1-2-4-11(14)12(15)17/h1-2,4,10H,3,5-9,14H2,(H2,15,17)/b2-1-,11-4+/t10-/m1/s1. The molecule has 1 fully saturated rings. The molecule has 0 aromatic rings. The number of hydrogen-bond donors (Lipinski definition) is 2. The normalized spacial score (nSPS) is 22.4. The van der Waals surface area contributed by atoms with Crippen molar-refractivity contribution in [3.05, 3.63) is 23.9 Å². The molecule has 0 unspecified atom stereocenters. The zero-order chi connectivity index (χ0) is 12.7. The van der Waals surface area contributed by atoms with E-state index in [0.717, 1.165) is 25.9 Å². The van der Waals surface area contributed by atoms with Crippen LogP contribution in [-0.4, -0.2) is 37.1 Å². The molecule has 0 aromatic carbocycles. The van der Waals surface area contributed by atoms with Crippen LogP contribution in [0, 0.1) is 5.92 Å². The van der Waals surface area contributed by atoms with Crippen molar-refractivity contribution < 1.29 is 9.18 Å². The second-order valence-corrected chi connectivity index (χ2v) is 4.29. The third kappa shape index (κ3) is 4.99. The van der Waals surface area contributed by atoms with Gasteiger partial charge in [0.05, 0.1) is 5.70 Å². The van der Waals surface area contributed by atoms with Crippen LogP contribution in [0.3, 0.4) is 0 Å². The van der Waals surface area contributed by atoms with Gasteiger partial charge >= 0.3 is 0 Å². The van der Waals surface area contributed by atoms with Gasteiger partial charge in [-0.1, -0.05) is 12.2 Å². The third-order valence-electron chi connectivity index (χ3n) is 2.94. The average molecular weight is 241 g/mol. The summed E-state index contributed by atoms with van der Waals surface area (Å²) in [5, 5.41) is 0. The number of likely N-dealkylation sites (tertiary alicyclic amines) is 1. The maximum Gasteiger partial charge on any atom is 0.264 e. The molecule has 0 radical (unpaired) electrons. The van der Waals surface area contributed by atoms with Gasteiger partial charge in [-0.15, -0.1) is 0 Å². The van der Waals surface area contributed by atoms with E-state index in [2.05, 4.69) is 4.90 Å². The number of alkyl halides is 1. The second-order valence-electron chi connectivity index (χ2n) is 4.29. The zero-order valence-corrected chi connectivity index (χ0v) is 9.94. The summed E-state index contributed by atoms with van der Waals surface area (Å²) in [6.45, 7) is 2.18. The maximum absolute atomic E-state index is 12.1. The van der Waals surface area contributed by atoms with Crippen molar-refractivity contribution in [2.75, 3.05) is 26.3 Å². The molecule has 1 atom stereocenters. The van der Waals surface area contributed by atoms with Crippen molar-refractivity contribution in [2.24, 2.45) is 17.4 Å². The molecule has 1 saturated heterocycles. The summed E-state index contributed by atoms with van der Waals surface area (Å²) in [6, 6.07) is 0.